The molecule has 3 amide bonds. The van der Waals surface area contributed by atoms with Crippen molar-refractivity contribution < 1.29 is 55.0 Å². The number of ether oxygens (including phenoxy) is 1. The van der Waals surface area contributed by atoms with Gasteiger partial charge in [0.2, 0.25) is 5.96 Å². The summed E-state index contributed by atoms with van der Waals surface area (Å²) in [6.45, 7) is 1.53. The Morgan fingerprint density at radius 1 is 1.02 bits per heavy atom. The third kappa shape index (κ3) is 8.23. The molecule has 0 radical (unpaired) electrons. The van der Waals surface area contributed by atoms with Crippen molar-refractivity contribution in [1.29, 1.82) is 0 Å². The van der Waals surface area contributed by atoms with Gasteiger partial charge in [-0.3, -0.25) is 15.0 Å². The molecule has 0 spiro atoms. The lowest BCUT2D eigenvalue weighted by Gasteiger charge is -2.35. The third-order valence-electron chi connectivity index (χ3n) is 9.27. The molecule has 2 aliphatic rings. The zero-order chi connectivity index (χ0) is 41.7. The van der Waals surface area contributed by atoms with E-state index in [-0.39, 0.29) is 28.3 Å². The van der Waals surface area contributed by atoms with E-state index in [2.05, 4.69) is 25.5 Å². The van der Waals surface area contributed by atoms with E-state index in [0.29, 0.717) is 20.5 Å². The zero-order valence-electron chi connectivity index (χ0n) is 30.1. The fourth-order valence-electron chi connectivity index (χ4n) is 6.55. The number of alkyl halides is 7. The number of alkyl carbamates (subject to hydrolysis) is 1. The van der Waals surface area contributed by atoms with Crippen LogP contribution in [0.15, 0.2) is 66.2 Å². The Bertz CT molecular complexity index is 2200. The number of benzene rings is 2. The normalized spacial score (nSPS) is 18.5. The summed E-state index contributed by atoms with van der Waals surface area (Å²) < 4.78 is 102. The molecule has 304 valence electrons. The molecule has 6 rings (SSSR count). The summed E-state index contributed by atoms with van der Waals surface area (Å²) in [5.74, 6) is -2.27. The number of aliphatic imine (C=N–C) groups is 1. The van der Waals surface area contributed by atoms with Gasteiger partial charge in [0.1, 0.15) is 18.5 Å². The molecule has 1 fully saturated rings. The Balaban J connectivity index is 1.46. The Kier molecular flexibility index (Phi) is 10.8. The number of nitrogens with zero attached hydrogens (tertiary/aromatic N) is 7. The predicted molar refractivity (Wildman–Crippen MR) is 187 cm³/mol. The Labute approximate surface area is 323 Å². The van der Waals surface area contributed by atoms with Crippen LogP contribution >= 0.6 is 11.6 Å². The van der Waals surface area contributed by atoms with Crippen LogP contribution in [0.2, 0.25) is 5.02 Å². The largest absolute Gasteiger partial charge is 0.465 e. The fourth-order valence-corrected chi connectivity index (χ4v) is 6.75. The molecule has 0 saturated heterocycles. The number of aromatic nitrogens is 5. The molecule has 14 nitrogen and oxygen atoms in total. The number of hydrogen-bond acceptors (Lipinski definition) is 8. The Morgan fingerprint density at radius 2 is 1.70 bits per heavy atom. The fraction of sp³-hybridized carbons (Fsp3) is 0.400. The van der Waals surface area contributed by atoms with Crippen LogP contribution in [0.3, 0.4) is 0 Å². The topological polar surface area (TPSA) is 169 Å². The number of rotatable bonds is 11. The summed E-state index contributed by atoms with van der Waals surface area (Å²) in [5.41, 5.74) is -4.40. The first-order valence-electron chi connectivity index (χ1n) is 17.0. The number of amides is 3. The summed E-state index contributed by atoms with van der Waals surface area (Å²) in [7, 11) is 0. The van der Waals surface area contributed by atoms with Crippen LogP contribution in [-0.4, -0.2) is 76.9 Å². The molecule has 22 heteroatoms. The molecule has 1 saturated carbocycles. The quantitative estimate of drug-likeness (QED) is 0.129. The third-order valence-corrected chi connectivity index (χ3v) is 9.59. The molecule has 2 aromatic carbocycles. The van der Waals surface area contributed by atoms with Crippen molar-refractivity contribution in [1.82, 2.24) is 40.1 Å². The van der Waals surface area contributed by atoms with Crippen molar-refractivity contribution in [2.45, 2.75) is 76.3 Å². The van der Waals surface area contributed by atoms with E-state index in [9.17, 15) is 45.4 Å². The minimum Gasteiger partial charge on any atom is -0.465 e. The molecule has 2 aromatic heterocycles. The van der Waals surface area contributed by atoms with Crippen LogP contribution in [0.5, 0.6) is 0 Å². The average Bonchev–Trinajstić information content (AvgIpc) is 3.43. The highest BCUT2D eigenvalue weighted by molar-refractivity contribution is 6.32. The number of hydrogen-bond donors (Lipinski definition) is 3. The van der Waals surface area contributed by atoms with Gasteiger partial charge in [-0.2, -0.15) is 32.1 Å². The molecular weight excluding hydrogens is 795 g/mol. The highest BCUT2D eigenvalue weighted by Crippen LogP contribution is 2.49. The Morgan fingerprint density at radius 3 is 2.26 bits per heavy atom. The van der Waals surface area contributed by atoms with E-state index in [1.165, 1.54) is 48.7 Å². The zero-order valence-corrected chi connectivity index (χ0v) is 30.8. The van der Waals surface area contributed by atoms with Crippen molar-refractivity contribution in [2.75, 3.05) is 6.61 Å². The van der Waals surface area contributed by atoms with Crippen LogP contribution in [0.25, 0.3) is 16.8 Å². The summed E-state index contributed by atoms with van der Waals surface area (Å²) in [6.07, 6.45) is -8.84. The lowest BCUT2D eigenvalue weighted by Crippen LogP contribution is -2.51. The maximum atomic E-state index is 15.1. The van der Waals surface area contributed by atoms with Gasteiger partial charge in [-0.15, -0.1) is 0 Å². The smallest absolute Gasteiger partial charge is 0.411 e. The van der Waals surface area contributed by atoms with Crippen LogP contribution in [0.1, 0.15) is 76.0 Å². The molecule has 0 bridgehead atoms. The van der Waals surface area contributed by atoms with Gasteiger partial charge in [-0.1, -0.05) is 62.7 Å². The second-order valence-corrected chi connectivity index (χ2v) is 15.0. The molecule has 1 aliphatic heterocycles. The standard InChI is InChI=1S/C35H33ClF7N9O5/c1-32(2,3)16-34(21-7-4-18(5-8-21)20-13-45-50(14-20)28(39)40)27(53)51(29(48-34)47-30(54)55)24(15-57-31(56)49-33(10-11-33)35(41,42)43)19-6-9-22(36)23(12-19)52-26(25(37)38)44-17-46-52/h4-9,12-14,17,24-25,28H,10-11,15-16H2,1-3H3,(H,47,48)(H,49,56)(H,54,55)/t24-,34-/m1/s1. The van der Waals surface area contributed by atoms with Crippen LogP contribution in [0, 0.1) is 5.41 Å². The van der Waals surface area contributed by atoms with Gasteiger partial charge in [-0.05, 0) is 53.5 Å². The van der Waals surface area contributed by atoms with Crippen molar-refractivity contribution in [3.63, 3.8) is 0 Å². The Hall–Kier alpha value is -5.73. The van der Waals surface area contributed by atoms with E-state index in [0.717, 1.165) is 17.4 Å². The average molecular weight is 828 g/mol. The minimum atomic E-state index is -4.81. The molecule has 4 aromatic rings. The van der Waals surface area contributed by atoms with Gasteiger partial charge < -0.3 is 15.2 Å². The number of nitrogens with one attached hydrogen (secondary N) is 2. The molecule has 3 heterocycles. The van der Waals surface area contributed by atoms with Crippen LogP contribution in [-0.2, 0) is 15.1 Å². The number of carbonyl (C=O) groups excluding carboxylic acids is 2. The van der Waals surface area contributed by atoms with Gasteiger partial charge in [0.15, 0.2) is 11.4 Å². The van der Waals surface area contributed by atoms with Crippen molar-refractivity contribution in [3.8, 4) is 16.8 Å². The van der Waals surface area contributed by atoms with Gasteiger partial charge in [0, 0.05) is 11.8 Å². The highest BCUT2D eigenvalue weighted by atomic mass is 35.5. The number of halogens is 8. The summed E-state index contributed by atoms with van der Waals surface area (Å²) >= 11 is 6.40. The number of guanidine groups is 1. The van der Waals surface area contributed by atoms with Crippen molar-refractivity contribution in [2.24, 2.45) is 10.4 Å². The van der Waals surface area contributed by atoms with Crippen LogP contribution in [0.4, 0.5) is 40.3 Å². The molecule has 1 aliphatic carbocycles. The van der Waals surface area contributed by atoms with E-state index < -0.39 is 91.0 Å². The van der Waals surface area contributed by atoms with Crippen molar-refractivity contribution in [3.05, 3.63) is 83.2 Å². The van der Waals surface area contributed by atoms with Gasteiger partial charge in [0.05, 0.1) is 22.9 Å². The lowest BCUT2D eigenvalue weighted by molar-refractivity contribution is -0.164. The first-order chi connectivity index (χ1) is 26.6. The maximum Gasteiger partial charge on any atom is 0.411 e. The molecule has 57 heavy (non-hydrogen) atoms. The lowest BCUT2D eigenvalue weighted by atomic mass is 9.75. The summed E-state index contributed by atoms with van der Waals surface area (Å²) in [5, 5.41) is 21.2. The minimum absolute atomic E-state index is 0.0268. The second-order valence-electron chi connectivity index (χ2n) is 14.6. The van der Waals surface area contributed by atoms with E-state index >= 15 is 4.79 Å². The monoisotopic (exact) mass is 827 g/mol. The molecule has 2 atom stereocenters. The summed E-state index contributed by atoms with van der Waals surface area (Å²) in [6, 6.07) is 8.16. The van der Waals surface area contributed by atoms with Crippen molar-refractivity contribution >= 4 is 35.7 Å². The second kappa shape index (κ2) is 15.0. The predicted octanol–water partition coefficient (Wildman–Crippen LogP) is 7.78. The maximum absolute atomic E-state index is 15.1. The molecule has 3 N–H and O–H groups in total. The first-order valence-corrected chi connectivity index (χ1v) is 17.4. The van der Waals surface area contributed by atoms with Gasteiger partial charge >= 0.3 is 24.9 Å². The van der Waals surface area contributed by atoms with Crippen LogP contribution < -0.4 is 10.6 Å². The highest BCUT2D eigenvalue weighted by Gasteiger charge is 2.64. The first kappa shape index (κ1) is 40.9. The number of carbonyl (C=O) groups is 3. The SMILES string of the molecule is CC(C)(C)C[C@]1(c2ccc(-c3cnn(C(F)F)c3)cc2)N=C(NC(=O)O)N([C@H](COC(=O)NC2(C(F)(F)F)CC2)c2ccc(Cl)c(-n3ncnc3C(F)F)c2)C1=O. The molecule has 0 unspecified atom stereocenters. The van der Waals surface area contributed by atoms with E-state index in [1.807, 2.05) is 5.32 Å². The van der Waals surface area contributed by atoms with E-state index in [1.54, 1.807) is 20.8 Å². The molecular formula is C35H33ClF7N9O5. The van der Waals surface area contributed by atoms with E-state index in [4.69, 9.17) is 16.3 Å². The van der Waals surface area contributed by atoms with Gasteiger partial charge in [0.25, 0.3) is 12.3 Å². The summed E-state index contributed by atoms with van der Waals surface area (Å²) in [4.78, 5) is 49.3. The van der Waals surface area contributed by atoms with Gasteiger partial charge in [-0.25, -0.2) is 37.7 Å². The number of carboxylic acid groups (broad SMARTS) is 1.